The number of furan rings is 1. The van der Waals surface area contributed by atoms with E-state index in [-0.39, 0.29) is 17.5 Å². The second kappa shape index (κ2) is 5.70. The summed E-state index contributed by atoms with van der Waals surface area (Å²) in [5.74, 6) is 0.685. The second-order valence-corrected chi connectivity index (χ2v) is 5.57. The molecule has 3 aromatic rings. The molecule has 0 bridgehead atoms. The number of aliphatic hydroxyl groups is 1. The molecule has 3 heterocycles. The first-order valence-electron chi connectivity index (χ1n) is 6.46. The molecule has 3 rings (SSSR count). The van der Waals surface area contributed by atoms with E-state index in [1.165, 1.54) is 23.5 Å². The molecular weight excluding hydrogens is 308 g/mol. The van der Waals surface area contributed by atoms with E-state index in [0.29, 0.717) is 17.9 Å². The molecule has 0 aliphatic carbocycles. The van der Waals surface area contributed by atoms with Crippen LogP contribution in [0.4, 0.5) is 11.7 Å². The summed E-state index contributed by atoms with van der Waals surface area (Å²) in [6.45, 7) is 2.00. The minimum atomic E-state index is -0.612. The fourth-order valence-electron chi connectivity index (χ4n) is 1.88. The fraction of sp³-hybridized carbons (Fsp3) is 0.231. The number of hydrogen-bond donors (Lipinski definition) is 2. The lowest BCUT2D eigenvalue weighted by molar-refractivity contribution is -0.401. The minimum absolute atomic E-state index is 0.222. The van der Waals surface area contributed by atoms with E-state index in [1.54, 1.807) is 6.92 Å². The van der Waals surface area contributed by atoms with Gasteiger partial charge in [-0.2, -0.15) is 0 Å². The monoisotopic (exact) mass is 320 g/mol. The Labute approximate surface area is 128 Å². The predicted octanol–water partition coefficient (Wildman–Crippen LogP) is 2.65. The van der Waals surface area contributed by atoms with E-state index in [2.05, 4.69) is 15.3 Å². The summed E-state index contributed by atoms with van der Waals surface area (Å²) in [5, 5.41) is 25.0. The number of aliphatic hydroxyl groups excluding tert-OH is 1. The highest BCUT2D eigenvalue weighted by atomic mass is 32.1. The zero-order valence-corrected chi connectivity index (χ0v) is 12.3. The number of nitro groups is 1. The molecule has 3 aromatic heterocycles. The lowest BCUT2D eigenvalue weighted by atomic mass is 10.3. The molecule has 114 valence electrons. The molecule has 0 spiro atoms. The van der Waals surface area contributed by atoms with Crippen LogP contribution in [0.25, 0.3) is 21.8 Å². The van der Waals surface area contributed by atoms with Gasteiger partial charge < -0.3 is 14.8 Å². The van der Waals surface area contributed by atoms with Gasteiger partial charge >= 0.3 is 5.88 Å². The van der Waals surface area contributed by atoms with E-state index >= 15 is 0 Å². The van der Waals surface area contributed by atoms with E-state index in [9.17, 15) is 15.2 Å². The van der Waals surface area contributed by atoms with Crippen molar-refractivity contribution in [3.63, 3.8) is 0 Å². The van der Waals surface area contributed by atoms with Crippen LogP contribution in [0.1, 0.15) is 6.92 Å². The summed E-state index contributed by atoms with van der Waals surface area (Å²) in [6, 6.07) is 4.56. The summed E-state index contributed by atoms with van der Waals surface area (Å²) in [4.78, 5) is 18.8. The van der Waals surface area contributed by atoms with Crippen LogP contribution in [0, 0.1) is 10.1 Å². The number of fused-ring (bicyclic) bond motifs is 1. The molecule has 8 nitrogen and oxygen atoms in total. The Balaban J connectivity index is 2.03. The van der Waals surface area contributed by atoms with Crippen LogP contribution in [-0.2, 0) is 0 Å². The second-order valence-electron chi connectivity index (χ2n) is 4.66. The molecule has 0 fully saturated rings. The van der Waals surface area contributed by atoms with Crippen LogP contribution < -0.4 is 5.32 Å². The lowest BCUT2D eigenvalue weighted by Crippen LogP contribution is -2.16. The Hall–Kier alpha value is -2.52. The van der Waals surface area contributed by atoms with E-state index in [4.69, 9.17) is 4.42 Å². The van der Waals surface area contributed by atoms with Gasteiger partial charge in [-0.1, -0.05) is 0 Å². The summed E-state index contributed by atoms with van der Waals surface area (Å²) >= 11 is 1.47. The molecule has 0 amide bonds. The molecule has 0 aromatic carbocycles. The number of thiophene rings is 1. The van der Waals surface area contributed by atoms with Crippen molar-refractivity contribution in [1.29, 1.82) is 0 Å². The van der Waals surface area contributed by atoms with Gasteiger partial charge in [0.2, 0.25) is 0 Å². The van der Waals surface area contributed by atoms with Gasteiger partial charge in [-0.25, -0.2) is 9.97 Å². The van der Waals surface area contributed by atoms with E-state index < -0.39 is 11.0 Å². The number of nitrogens with zero attached hydrogens (tertiary/aromatic N) is 3. The lowest BCUT2D eigenvalue weighted by Gasteiger charge is -2.09. The van der Waals surface area contributed by atoms with Gasteiger partial charge in [0.1, 0.15) is 10.7 Å². The van der Waals surface area contributed by atoms with Gasteiger partial charge in [0.15, 0.2) is 11.6 Å². The molecule has 0 saturated heterocycles. The molecule has 0 aliphatic heterocycles. The minimum Gasteiger partial charge on any atom is -0.397 e. The first-order valence-corrected chi connectivity index (χ1v) is 7.34. The van der Waals surface area contributed by atoms with Crippen molar-refractivity contribution in [3.05, 3.63) is 33.7 Å². The van der Waals surface area contributed by atoms with Crippen LogP contribution in [0.5, 0.6) is 0 Å². The van der Waals surface area contributed by atoms with Crippen molar-refractivity contribution in [2.24, 2.45) is 0 Å². The molecule has 0 radical (unpaired) electrons. The molecule has 9 heteroatoms. The first kappa shape index (κ1) is 14.4. The molecular formula is C13H12N4O4S. The number of hydrogen-bond acceptors (Lipinski definition) is 8. The Morgan fingerprint density at radius 3 is 2.95 bits per heavy atom. The zero-order valence-electron chi connectivity index (χ0n) is 11.5. The van der Waals surface area contributed by atoms with Crippen molar-refractivity contribution < 1.29 is 14.4 Å². The van der Waals surface area contributed by atoms with Gasteiger partial charge in [-0.15, -0.1) is 11.3 Å². The summed E-state index contributed by atoms with van der Waals surface area (Å²) in [5.41, 5.74) is 0.710. The molecule has 1 unspecified atom stereocenters. The molecule has 0 saturated carbocycles. The van der Waals surface area contributed by atoms with Crippen LogP contribution >= 0.6 is 11.3 Å². The van der Waals surface area contributed by atoms with Crippen molar-refractivity contribution in [2.45, 2.75) is 13.0 Å². The summed E-state index contributed by atoms with van der Waals surface area (Å²) in [7, 11) is 0. The number of anilines is 1. The molecule has 0 aliphatic rings. The largest absolute Gasteiger partial charge is 0.433 e. The Kier molecular flexibility index (Phi) is 3.73. The van der Waals surface area contributed by atoms with Gasteiger partial charge in [-0.05, 0) is 24.4 Å². The van der Waals surface area contributed by atoms with Crippen molar-refractivity contribution in [1.82, 2.24) is 9.97 Å². The van der Waals surface area contributed by atoms with E-state index in [1.807, 2.05) is 11.4 Å². The molecule has 2 N–H and O–H groups in total. The number of nitrogens with one attached hydrogen (secondary N) is 1. The Bertz CT molecular complexity index is 826. The summed E-state index contributed by atoms with van der Waals surface area (Å²) < 4.78 is 5.99. The van der Waals surface area contributed by atoms with Crippen LogP contribution in [-0.4, -0.2) is 32.6 Å². The van der Waals surface area contributed by atoms with Crippen LogP contribution in [0.15, 0.2) is 28.0 Å². The fourth-order valence-corrected chi connectivity index (χ4v) is 2.68. The standard InChI is InChI=1S/C13H12N4O4S/c1-7(18)6-14-13-11-8(4-5-22-11)15-12(16-13)9-2-3-10(21-9)17(19)20/h2-5,7,18H,6H2,1H3,(H,14,15,16). The normalized spacial score (nSPS) is 12.5. The van der Waals surface area contributed by atoms with Crippen molar-refractivity contribution >= 4 is 33.3 Å². The van der Waals surface area contributed by atoms with Crippen molar-refractivity contribution in [2.75, 3.05) is 11.9 Å². The zero-order chi connectivity index (χ0) is 15.7. The quantitative estimate of drug-likeness (QED) is 0.548. The SMILES string of the molecule is CC(O)CNc1nc(-c2ccc([N+](=O)[O-])o2)nc2ccsc12. The average molecular weight is 320 g/mol. The predicted molar refractivity (Wildman–Crippen MR) is 81.9 cm³/mol. The molecule has 1 atom stereocenters. The third-order valence-electron chi connectivity index (χ3n) is 2.86. The highest BCUT2D eigenvalue weighted by Gasteiger charge is 2.17. The van der Waals surface area contributed by atoms with Crippen LogP contribution in [0.2, 0.25) is 0 Å². The maximum Gasteiger partial charge on any atom is 0.433 e. The van der Waals surface area contributed by atoms with Crippen LogP contribution in [0.3, 0.4) is 0 Å². The summed E-state index contributed by atoms with van der Waals surface area (Å²) in [6.07, 6.45) is -0.530. The first-order chi connectivity index (χ1) is 10.5. The van der Waals surface area contributed by atoms with Gasteiger partial charge in [0, 0.05) is 6.54 Å². The average Bonchev–Trinajstić information content (AvgIpc) is 3.12. The Morgan fingerprint density at radius 1 is 1.45 bits per heavy atom. The van der Waals surface area contributed by atoms with Crippen molar-refractivity contribution in [3.8, 4) is 11.6 Å². The van der Waals surface area contributed by atoms with Gasteiger partial charge in [0.05, 0.1) is 22.4 Å². The highest BCUT2D eigenvalue weighted by molar-refractivity contribution is 7.17. The number of aromatic nitrogens is 2. The maximum atomic E-state index is 10.7. The third-order valence-corrected chi connectivity index (χ3v) is 3.77. The smallest absolute Gasteiger partial charge is 0.397 e. The molecule has 22 heavy (non-hydrogen) atoms. The van der Waals surface area contributed by atoms with Gasteiger partial charge in [-0.3, -0.25) is 10.1 Å². The third kappa shape index (κ3) is 2.76. The Morgan fingerprint density at radius 2 is 2.27 bits per heavy atom. The maximum absolute atomic E-state index is 10.7. The van der Waals surface area contributed by atoms with E-state index in [0.717, 1.165) is 4.70 Å². The number of rotatable bonds is 5. The topological polar surface area (TPSA) is 114 Å². The van der Waals surface area contributed by atoms with Gasteiger partial charge in [0.25, 0.3) is 0 Å². The highest BCUT2D eigenvalue weighted by Crippen LogP contribution is 2.30.